The smallest absolute Gasteiger partial charge is 0.311 e. The van der Waals surface area contributed by atoms with Gasteiger partial charge >= 0.3 is 11.9 Å². The van der Waals surface area contributed by atoms with E-state index in [0.717, 1.165) is 19.3 Å². The Labute approximate surface area is 191 Å². The third-order valence-electron chi connectivity index (χ3n) is 8.51. The molecule has 7 nitrogen and oxygen atoms in total. The molecule has 3 fully saturated rings. The predicted octanol–water partition coefficient (Wildman–Crippen LogP) is 2.98. The second-order valence-corrected chi connectivity index (χ2v) is 11.4. The minimum absolute atomic E-state index is 0.0492. The minimum Gasteiger partial charge on any atom is -0.462 e. The molecule has 0 aromatic heterocycles. The van der Waals surface area contributed by atoms with Crippen molar-refractivity contribution in [1.82, 2.24) is 0 Å². The average Bonchev–Trinajstić information content (AvgIpc) is 2.69. The van der Waals surface area contributed by atoms with E-state index in [4.69, 9.17) is 9.47 Å². The van der Waals surface area contributed by atoms with Crippen molar-refractivity contribution in [2.75, 3.05) is 0 Å². The summed E-state index contributed by atoms with van der Waals surface area (Å²) < 4.78 is 11.5. The molecule has 0 amide bonds. The van der Waals surface area contributed by atoms with Gasteiger partial charge in [-0.25, -0.2) is 0 Å². The Morgan fingerprint density at radius 2 is 1.94 bits per heavy atom. The van der Waals surface area contributed by atoms with E-state index in [0.29, 0.717) is 25.2 Å². The average molecular weight is 455 g/mol. The van der Waals surface area contributed by atoms with E-state index < -0.39 is 29.3 Å². The van der Waals surface area contributed by atoms with Crippen LogP contribution in [-0.2, 0) is 19.1 Å². The maximum atomic E-state index is 12.9. The summed E-state index contributed by atoms with van der Waals surface area (Å²) in [4.78, 5) is 24.7. The molecule has 1 heterocycles. The number of carbonyl (C=O) groups excluding carboxylic acids is 2. The SMILES string of the molecule is CCC(C)(C)C(=O)O[C@H]1C[C@@](C)(O)[C@@H](O)[C@@H]2CC[C@H](C)[C@H](CC[C@@H]3C[C@@H](O)CC(=O)O3)[C@H]21. The van der Waals surface area contributed by atoms with E-state index in [1.165, 1.54) is 0 Å². The van der Waals surface area contributed by atoms with Gasteiger partial charge in [0.25, 0.3) is 0 Å². The zero-order valence-corrected chi connectivity index (χ0v) is 20.3. The van der Waals surface area contributed by atoms with Gasteiger partial charge in [-0.05, 0) is 64.2 Å². The number of hydrogen-bond acceptors (Lipinski definition) is 7. The molecule has 3 N–H and O–H groups in total. The molecular weight excluding hydrogens is 412 g/mol. The van der Waals surface area contributed by atoms with Crippen molar-refractivity contribution in [1.29, 1.82) is 0 Å². The lowest BCUT2D eigenvalue weighted by Crippen LogP contribution is -2.60. The van der Waals surface area contributed by atoms with E-state index in [-0.39, 0.29) is 48.6 Å². The fourth-order valence-corrected chi connectivity index (χ4v) is 6.06. The number of cyclic esters (lactones) is 1. The molecule has 0 bridgehead atoms. The first-order valence-corrected chi connectivity index (χ1v) is 12.3. The van der Waals surface area contributed by atoms with Crippen LogP contribution in [-0.4, -0.2) is 57.3 Å². The Morgan fingerprint density at radius 1 is 1.25 bits per heavy atom. The Hall–Kier alpha value is -1.18. The van der Waals surface area contributed by atoms with Crippen LogP contribution < -0.4 is 0 Å². The highest BCUT2D eigenvalue weighted by molar-refractivity contribution is 5.76. The van der Waals surface area contributed by atoms with Gasteiger partial charge < -0.3 is 24.8 Å². The van der Waals surface area contributed by atoms with E-state index >= 15 is 0 Å². The quantitative estimate of drug-likeness (QED) is 0.529. The first-order chi connectivity index (χ1) is 14.9. The van der Waals surface area contributed by atoms with Gasteiger partial charge in [0, 0.05) is 18.8 Å². The van der Waals surface area contributed by atoms with Gasteiger partial charge in [-0.15, -0.1) is 0 Å². The fourth-order valence-electron chi connectivity index (χ4n) is 6.06. The van der Waals surface area contributed by atoms with Crippen molar-refractivity contribution < 1.29 is 34.4 Å². The molecule has 2 saturated carbocycles. The van der Waals surface area contributed by atoms with Crippen LogP contribution in [0.5, 0.6) is 0 Å². The van der Waals surface area contributed by atoms with Crippen LogP contribution in [0.4, 0.5) is 0 Å². The van der Waals surface area contributed by atoms with Crippen molar-refractivity contribution in [3.63, 3.8) is 0 Å². The number of hydrogen-bond donors (Lipinski definition) is 3. The molecule has 3 aliphatic rings. The summed E-state index contributed by atoms with van der Waals surface area (Å²) in [6.45, 7) is 9.51. The molecule has 9 atom stereocenters. The van der Waals surface area contributed by atoms with Crippen LogP contribution in [0, 0.1) is 29.1 Å². The number of aliphatic hydroxyl groups excluding tert-OH is 2. The normalized spacial score (nSPS) is 42.7. The van der Waals surface area contributed by atoms with Crippen molar-refractivity contribution in [2.45, 2.75) is 116 Å². The lowest BCUT2D eigenvalue weighted by atomic mass is 9.56. The summed E-state index contributed by atoms with van der Waals surface area (Å²) in [5.41, 5.74) is -1.92. The summed E-state index contributed by atoms with van der Waals surface area (Å²) >= 11 is 0. The molecule has 32 heavy (non-hydrogen) atoms. The minimum atomic E-state index is -1.31. The molecule has 0 spiro atoms. The molecule has 0 unspecified atom stereocenters. The second-order valence-electron chi connectivity index (χ2n) is 11.4. The first-order valence-electron chi connectivity index (χ1n) is 12.3. The van der Waals surface area contributed by atoms with Gasteiger partial charge in [0.05, 0.1) is 29.6 Å². The number of carbonyl (C=O) groups is 2. The van der Waals surface area contributed by atoms with Gasteiger partial charge in [-0.1, -0.05) is 20.3 Å². The van der Waals surface area contributed by atoms with Crippen LogP contribution >= 0.6 is 0 Å². The Bertz CT molecular complexity index is 688. The Kier molecular flexibility index (Phi) is 7.63. The number of esters is 2. The monoisotopic (exact) mass is 454 g/mol. The van der Waals surface area contributed by atoms with Crippen LogP contribution in [0.1, 0.15) is 86.0 Å². The number of ether oxygens (including phenoxy) is 2. The number of aliphatic hydroxyl groups is 3. The van der Waals surface area contributed by atoms with Crippen LogP contribution in [0.25, 0.3) is 0 Å². The number of rotatable bonds is 6. The van der Waals surface area contributed by atoms with E-state index in [9.17, 15) is 24.9 Å². The maximum Gasteiger partial charge on any atom is 0.311 e. The highest BCUT2D eigenvalue weighted by Crippen LogP contribution is 2.52. The predicted molar refractivity (Wildman–Crippen MR) is 118 cm³/mol. The summed E-state index contributed by atoms with van der Waals surface area (Å²) in [6, 6.07) is 0. The highest BCUT2D eigenvalue weighted by Gasteiger charge is 2.55. The summed E-state index contributed by atoms with van der Waals surface area (Å²) in [5, 5.41) is 31.9. The standard InChI is InChI=1S/C25H42O7/c1-6-24(3,4)23(29)32-19-13-25(5,30)22(28)18-9-7-14(2)17(21(18)19)10-8-16-11-15(26)12-20(27)31-16/h14-19,21-22,26,28,30H,6-13H2,1-5H3/t14-,15+,16+,17-,18+,19-,21+,22-,25+/m0/s1. The molecule has 1 saturated heterocycles. The van der Waals surface area contributed by atoms with Crippen LogP contribution in [0.2, 0.25) is 0 Å². The van der Waals surface area contributed by atoms with Gasteiger partial charge in [-0.3, -0.25) is 9.59 Å². The van der Waals surface area contributed by atoms with Crippen molar-refractivity contribution >= 4 is 11.9 Å². The van der Waals surface area contributed by atoms with E-state index in [1.54, 1.807) is 6.92 Å². The molecule has 7 heteroatoms. The van der Waals surface area contributed by atoms with Gasteiger partial charge in [0.2, 0.25) is 0 Å². The van der Waals surface area contributed by atoms with E-state index in [2.05, 4.69) is 6.92 Å². The van der Waals surface area contributed by atoms with Crippen LogP contribution in [0.15, 0.2) is 0 Å². The van der Waals surface area contributed by atoms with Crippen molar-refractivity contribution in [3.8, 4) is 0 Å². The third-order valence-corrected chi connectivity index (χ3v) is 8.51. The van der Waals surface area contributed by atoms with Gasteiger partial charge in [0.15, 0.2) is 0 Å². The van der Waals surface area contributed by atoms with Gasteiger partial charge in [-0.2, -0.15) is 0 Å². The molecule has 184 valence electrons. The summed E-state index contributed by atoms with van der Waals surface area (Å²) in [7, 11) is 0. The topological polar surface area (TPSA) is 113 Å². The maximum absolute atomic E-state index is 12.9. The molecule has 0 radical (unpaired) electrons. The second kappa shape index (κ2) is 9.59. The molecule has 0 aromatic carbocycles. The largest absolute Gasteiger partial charge is 0.462 e. The lowest BCUT2D eigenvalue weighted by molar-refractivity contribution is -0.213. The zero-order chi connectivity index (χ0) is 23.8. The third kappa shape index (κ3) is 5.31. The lowest BCUT2D eigenvalue weighted by Gasteiger charge is -2.54. The zero-order valence-electron chi connectivity index (χ0n) is 20.3. The molecule has 1 aliphatic heterocycles. The summed E-state index contributed by atoms with van der Waals surface area (Å²) in [5.74, 6) is -0.314. The van der Waals surface area contributed by atoms with E-state index in [1.807, 2.05) is 20.8 Å². The number of fused-ring (bicyclic) bond motifs is 1. The highest BCUT2D eigenvalue weighted by atomic mass is 16.6. The Balaban J connectivity index is 1.81. The van der Waals surface area contributed by atoms with Crippen molar-refractivity contribution in [3.05, 3.63) is 0 Å². The fraction of sp³-hybridized carbons (Fsp3) is 0.920. The Morgan fingerprint density at radius 3 is 2.56 bits per heavy atom. The molecule has 0 aromatic rings. The molecular formula is C25H42O7. The first kappa shape index (κ1) is 25.4. The van der Waals surface area contributed by atoms with Crippen molar-refractivity contribution in [2.24, 2.45) is 29.1 Å². The van der Waals surface area contributed by atoms with Gasteiger partial charge in [0.1, 0.15) is 12.2 Å². The molecule has 2 aliphatic carbocycles. The summed E-state index contributed by atoms with van der Waals surface area (Å²) in [6.07, 6.45) is 2.15. The molecule has 3 rings (SSSR count). The van der Waals surface area contributed by atoms with Crippen LogP contribution in [0.3, 0.4) is 0 Å².